The highest BCUT2D eigenvalue weighted by Crippen LogP contribution is 2.41. The van der Waals surface area contributed by atoms with Crippen molar-refractivity contribution in [2.45, 2.75) is 58.2 Å². The largest absolute Gasteiger partial charge is 0.256 e. The minimum atomic E-state index is -1.75. The molecule has 0 saturated heterocycles. The fourth-order valence-corrected chi connectivity index (χ4v) is 9.84. The summed E-state index contributed by atoms with van der Waals surface area (Å²) in [5, 5.41) is 3.58. The molecule has 0 bridgehead atoms. The van der Waals surface area contributed by atoms with Crippen molar-refractivity contribution in [2.75, 3.05) is 0 Å². The first-order valence-electron chi connectivity index (χ1n) is 9.67. The summed E-state index contributed by atoms with van der Waals surface area (Å²) in [4.78, 5) is 4.66. The Morgan fingerprint density at radius 1 is 0.769 bits per heavy atom. The Bertz CT molecular complexity index is 967. The van der Waals surface area contributed by atoms with Crippen LogP contribution in [-0.4, -0.2) is 13.1 Å². The minimum absolute atomic E-state index is 0.639. The number of pyridine rings is 1. The maximum atomic E-state index is 4.66. The highest BCUT2D eigenvalue weighted by Gasteiger charge is 2.41. The van der Waals surface area contributed by atoms with Gasteiger partial charge in [0.25, 0.3) is 0 Å². The highest BCUT2D eigenvalue weighted by atomic mass is 28.3. The fourth-order valence-electron chi connectivity index (χ4n) is 4.63. The van der Waals surface area contributed by atoms with Gasteiger partial charge < -0.3 is 0 Å². The van der Waals surface area contributed by atoms with Crippen LogP contribution < -0.4 is 0 Å². The minimum Gasteiger partial charge on any atom is -0.256 e. The number of hydrogen-bond donors (Lipinski definition) is 0. The zero-order valence-electron chi connectivity index (χ0n) is 16.8. The van der Waals surface area contributed by atoms with E-state index in [-0.39, 0.29) is 0 Å². The molecule has 0 radical (unpaired) electrons. The van der Waals surface area contributed by atoms with Gasteiger partial charge in [-0.15, -0.1) is 5.54 Å². The Morgan fingerprint density at radius 2 is 1.38 bits per heavy atom. The number of hydrogen-bond acceptors (Lipinski definition) is 1. The molecular formula is C24H29NSi. The van der Waals surface area contributed by atoms with Gasteiger partial charge in [-0.3, -0.25) is 4.98 Å². The Balaban J connectivity index is 2.28. The molecule has 0 unspecified atom stereocenters. The van der Waals surface area contributed by atoms with Crippen LogP contribution in [0.3, 0.4) is 0 Å². The molecule has 0 aliphatic heterocycles. The van der Waals surface area contributed by atoms with Crippen LogP contribution in [0.2, 0.25) is 16.6 Å². The van der Waals surface area contributed by atoms with E-state index in [1.807, 2.05) is 12.3 Å². The average molecular weight is 360 g/mol. The third-order valence-corrected chi connectivity index (χ3v) is 12.2. The molecule has 0 atom stereocenters. The number of fused-ring (bicyclic) bond motifs is 3. The van der Waals surface area contributed by atoms with Gasteiger partial charge >= 0.3 is 0 Å². The summed E-state index contributed by atoms with van der Waals surface area (Å²) >= 11 is 0. The van der Waals surface area contributed by atoms with Gasteiger partial charge in [-0.05, 0) is 34.1 Å². The van der Waals surface area contributed by atoms with Gasteiger partial charge in [0.15, 0.2) is 0 Å². The van der Waals surface area contributed by atoms with Crippen molar-refractivity contribution in [3.05, 3.63) is 54.2 Å². The van der Waals surface area contributed by atoms with Crippen LogP contribution in [-0.2, 0) is 0 Å². The maximum absolute atomic E-state index is 4.66. The third-order valence-electron chi connectivity index (χ3n) is 5.89. The second kappa shape index (κ2) is 7.25. The molecule has 1 heterocycles. The van der Waals surface area contributed by atoms with Crippen molar-refractivity contribution in [1.82, 2.24) is 4.98 Å². The van der Waals surface area contributed by atoms with Crippen LogP contribution >= 0.6 is 0 Å². The van der Waals surface area contributed by atoms with E-state index in [1.165, 1.54) is 16.2 Å². The molecular weight excluding hydrogens is 330 g/mol. The summed E-state index contributed by atoms with van der Waals surface area (Å²) in [6.45, 7) is 14.2. The first kappa shape index (κ1) is 18.7. The Hall–Kier alpha value is -2.11. The molecule has 2 heteroatoms. The number of nitrogens with zero attached hydrogens (tertiary/aromatic N) is 1. The van der Waals surface area contributed by atoms with Gasteiger partial charge in [0.05, 0.1) is 5.52 Å². The van der Waals surface area contributed by atoms with Crippen molar-refractivity contribution in [3.8, 4) is 11.5 Å². The first-order valence-corrected chi connectivity index (χ1v) is 11.9. The zero-order valence-corrected chi connectivity index (χ0v) is 17.8. The van der Waals surface area contributed by atoms with Gasteiger partial charge in [0.2, 0.25) is 0 Å². The molecule has 0 aliphatic rings. The predicted molar refractivity (Wildman–Crippen MR) is 117 cm³/mol. The van der Waals surface area contributed by atoms with Crippen molar-refractivity contribution >= 4 is 29.7 Å². The molecule has 1 nitrogen and oxygen atoms in total. The molecule has 1 aromatic heterocycles. The highest BCUT2D eigenvalue weighted by molar-refractivity contribution is 6.90. The van der Waals surface area contributed by atoms with Crippen molar-refractivity contribution in [2.24, 2.45) is 0 Å². The average Bonchev–Trinajstić information content (AvgIpc) is 2.61. The number of benzene rings is 2. The van der Waals surface area contributed by atoms with Crippen molar-refractivity contribution < 1.29 is 0 Å². The third kappa shape index (κ3) is 3.06. The van der Waals surface area contributed by atoms with Gasteiger partial charge in [-0.2, -0.15) is 0 Å². The Labute approximate surface area is 158 Å². The smallest absolute Gasteiger partial charge is 0.146 e. The summed E-state index contributed by atoms with van der Waals surface area (Å²) in [6.07, 6.45) is 1.88. The van der Waals surface area contributed by atoms with Gasteiger partial charge in [0, 0.05) is 22.5 Å². The quantitative estimate of drug-likeness (QED) is 0.280. The van der Waals surface area contributed by atoms with Gasteiger partial charge in [-0.25, -0.2) is 0 Å². The predicted octanol–water partition coefficient (Wildman–Crippen LogP) is 6.96. The summed E-state index contributed by atoms with van der Waals surface area (Å²) in [7, 11) is -1.75. The van der Waals surface area contributed by atoms with Gasteiger partial charge in [-0.1, -0.05) is 77.8 Å². The molecule has 0 amide bonds. The van der Waals surface area contributed by atoms with Crippen molar-refractivity contribution in [1.29, 1.82) is 0 Å². The van der Waals surface area contributed by atoms with E-state index in [0.717, 1.165) is 11.1 Å². The zero-order chi connectivity index (χ0) is 18.9. The van der Waals surface area contributed by atoms with E-state index in [2.05, 4.69) is 94.4 Å². The maximum Gasteiger partial charge on any atom is 0.146 e. The molecule has 0 fully saturated rings. The standard InChI is InChI=1S/C24H29NSi/c1-17(2)26(18(3)4,19(5)6)16-14-21-10-7-9-20-12-13-22-11-8-15-25-24(22)23(20)21/h7-13,15,17-19H,1-6H3. The van der Waals surface area contributed by atoms with E-state index < -0.39 is 8.07 Å². The van der Waals surface area contributed by atoms with Crippen LogP contribution in [0.1, 0.15) is 47.1 Å². The summed E-state index contributed by atoms with van der Waals surface area (Å²) in [6, 6.07) is 14.9. The molecule has 0 N–H and O–H groups in total. The number of rotatable bonds is 3. The lowest BCUT2D eigenvalue weighted by molar-refractivity contribution is 0.838. The molecule has 0 aliphatic carbocycles. The van der Waals surface area contributed by atoms with Crippen LogP contribution in [0, 0.1) is 11.5 Å². The normalized spacial score (nSPS) is 12.2. The molecule has 134 valence electrons. The second-order valence-electron chi connectivity index (χ2n) is 8.19. The van der Waals surface area contributed by atoms with Crippen molar-refractivity contribution in [3.63, 3.8) is 0 Å². The van der Waals surface area contributed by atoms with Crippen LogP contribution in [0.15, 0.2) is 48.7 Å². The molecule has 2 aromatic carbocycles. The van der Waals surface area contributed by atoms with E-state index in [1.54, 1.807) is 0 Å². The summed E-state index contributed by atoms with van der Waals surface area (Å²) in [5.74, 6) is 3.64. The monoisotopic (exact) mass is 359 g/mol. The first-order chi connectivity index (χ1) is 12.4. The summed E-state index contributed by atoms with van der Waals surface area (Å²) < 4.78 is 0. The number of aromatic nitrogens is 1. The topological polar surface area (TPSA) is 12.9 Å². The van der Waals surface area contributed by atoms with Crippen LogP contribution in [0.4, 0.5) is 0 Å². The lowest BCUT2D eigenvalue weighted by Crippen LogP contribution is -2.43. The summed E-state index contributed by atoms with van der Waals surface area (Å²) in [5.41, 5.74) is 7.95. The van der Waals surface area contributed by atoms with E-state index >= 15 is 0 Å². The lowest BCUT2D eigenvalue weighted by Gasteiger charge is -2.38. The van der Waals surface area contributed by atoms with E-state index in [0.29, 0.717) is 16.6 Å². The Morgan fingerprint density at radius 3 is 2.04 bits per heavy atom. The second-order valence-corrected chi connectivity index (χ2v) is 13.8. The fraction of sp³-hybridized carbons (Fsp3) is 0.375. The Kier molecular flexibility index (Phi) is 5.21. The van der Waals surface area contributed by atoms with Gasteiger partial charge in [0.1, 0.15) is 8.07 Å². The SMILES string of the molecule is CC(C)[Si](C#Cc1cccc2ccc3cccnc3c12)(C(C)C)C(C)C. The lowest BCUT2D eigenvalue weighted by atomic mass is 10.0. The van der Waals surface area contributed by atoms with Crippen LogP contribution in [0.5, 0.6) is 0 Å². The van der Waals surface area contributed by atoms with Crippen LogP contribution in [0.25, 0.3) is 21.7 Å². The molecule has 0 spiro atoms. The molecule has 26 heavy (non-hydrogen) atoms. The molecule has 3 aromatic rings. The van der Waals surface area contributed by atoms with E-state index in [4.69, 9.17) is 0 Å². The van der Waals surface area contributed by atoms with E-state index in [9.17, 15) is 0 Å². The molecule has 3 rings (SSSR count). The molecule has 0 saturated carbocycles.